The highest BCUT2D eigenvalue weighted by atomic mass is 127. The Morgan fingerprint density at radius 1 is 1.20 bits per heavy atom. The largest absolute Gasteiger partial charge is 0.310 e. The molecule has 1 heterocycles. The van der Waals surface area contributed by atoms with E-state index in [2.05, 4.69) is 77.1 Å². The molecule has 0 aliphatic carbocycles. The number of pyridine rings is 1. The maximum absolute atomic E-state index is 4.54. The van der Waals surface area contributed by atoms with Gasteiger partial charge in [0, 0.05) is 27.9 Å². The normalized spacial score (nSPS) is 12.3. The fourth-order valence-corrected chi connectivity index (χ4v) is 3.06. The van der Waals surface area contributed by atoms with Crippen LogP contribution in [0.25, 0.3) is 0 Å². The molecule has 0 aliphatic rings. The Kier molecular flexibility index (Phi) is 5.98. The fraction of sp³-hybridized carbons (Fsp3) is 0.353. The van der Waals surface area contributed by atoms with Crippen LogP contribution >= 0.6 is 22.6 Å². The summed E-state index contributed by atoms with van der Waals surface area (Å²) < 4.78 is 1.31. The van der Waals surface area contributed by atoms with Crippen molar-refractivity contribution in [2.45, 2.75) is 32.7 Å². The highest BCUT2D eigenvalue weighted by molar-refractivity contribution is 14.1. The molecule has 0 radical (unpaired) electrons. The Bertz CT molecular complexity index is 554. The lowest BCUT2D eigenvalue weighted by molar-refractivity contribution is 0.521. The van der Waals surface area contributed by atoms with E-state index >= 15 is 0 Å². The molecule has 2 rings (SSSR count). The molecule has 20 heavy (non-hydrogen) atoms. The number of rotatable bonds is 6. The highest BCUT2D eigenvalue weighted by Crippen LogP contribution is 2.23. The first-order valence-electron chi connectivity index (χ1n) is 7.10. The summed E-state index contributed by atoms with van der Waals surface area (Å²) in [6.07, 6.45) is 3.96. The Morgan fingerprint density at radius 2 is 2.00 bits per heavy atom. The molecule has 3 heteroatoms. The van der Waals surface area contributed by atoms with E-state index < -0.39 is 0 Å². The zero-order chi connectivity index (χ0) is 14.4. The molecule has 0 bridgehead atoms. The van der Waals surface area contributed by atoms with Crippen LogP contribution in [0.1, 0.15) is 36.2 Å². The number of nitrogens with one attached hydrogen (secondary N) is 1. The van der Waals surface area contributed by atoms with Crippen molar-refractivity contribution in [1.82, 2.24) is 10.3 Å². The Hall–Kier alpha value is -0.940. The van der Waals surface area contributed by atoms with E-state index in [-0.39, 0.29) is 0 Å². The fourth-order valence-electron chi connectivity index (χ4n) is 2.29. The van der Waals surface area contributed by atoms with Crippen molar-refractivity contribution in [3.05, 3.63) is 63.0 Å². The van der Waals surface area contributed by atoms with Crippen LogP contribution < -0.4 is 5.32 Å². The summed E-state index contributed by atoms with van der Waals surface area (Å²) in [5.74, 6) is 0. The molecule has 1 N–H and O–H groups in total. The lowest BCUT2D eigenvalue weighted by Crippen LogP contribution is -2.25. The summed E-state index contributed by atoms with van der Waals surface area (Å²) >= 11 is 2.42. The molecule has 0 saturated heterocycles. The van der Waals surface area contributed by atoms with Gasteiger partial charge in [-0.3, -0.25) is 4.98 Å². The first-order chi connectivity index (χ1) is 9.72. The maximum atomic E-state index is 4.54. The third-order valence-electron chi connectivity index (χ3n) is 3.44. The number of hydrogen-bond acceptors (Lipinski definition) is 2. The SMILES string of the molecule is CCCNC(Cc1ncccc1C)c1ccccc1I. The van der Waals surface area contributed by atoms with Crippen molar-refractivity contribution in [1.29, 1.82) is 0 Å². The van der Waals surface area contributed by atoms with E-state index in [1.54, 1.807) is 0 Å². The Morgan fingerprint density at radius 3 is 2.70 bits per heavy atom. The average Bonchev–Trinajstić information content (AvgIpc) is 2.46. The van der Waals surface area contributed by atoms with Gasteiger partial charge in [-0.25, -0.2) is 0 Å². The smallest absolute Gasteiger partial charge is 0.0451 e. The van der Waals surface area contributed by atoms with Gasteiger partial charge in [0.1, 0.15) is 0 Å². The minimum atomic E-state index is 0.330. The topological polar surface area (TPSA) is 24.9 Å². The van der Waals surface area contributed by atoms with E-state index in [4.69, 9.17) is 0 Å². The van der Waals surface area contributed by atoms with E-state index in [1.807, 2.05) is 12.3 Å². The summed E-state index contributed by atoms with van der Waals surface area (Å²) in [6, 6.07) is 13.1. The first-order valence-corrected chi connectivity index (χ1v) is 8.18. The molecule has 2 aromatic rings. The summed E-state index contributed by atoms with van der Waals surface area (Å²) in [5.41, 5.74) is 3.81. The highest BCUT2D eigenvalue weighted by Gasteiger charge is 2.15. The first kappa shape index (κ1) is 15.4. The summed E-state index contributed by atoms with van der Waals surface area (Å²) in [5, 5.41) is 3.66. The number of halogens is 1. The molecular formula is C17H21IN2. The number of aryl methyl sites for hydroxylation is 1. The quantitative estimate of drug-likeness (QED) is 0.757. The van der Waals surface area contributed by atoms with Crippen molar-refractivity contribution >= 4 is 22.6 Å². The van der Waals surface area contributed by atoms with Crippen LogP contribution in [-0.2, 0) is 6.42 Å². The average molecular weight is 380 g/mol. The molecule has 0 fully saturated rings. The predicted octanol–water partition coefficient (Wildman–Crippen LogP) is 4.28. The van der Waals surface area contributed by atoms with Crippen LogP contribution in [0.5, 0.6) is 0 Å². The molecule has 0 amide bonds. The molecule has 106 valence electrons. The van der Waals surface area contributed by atoms with E-state index in [1.165, 1.54) is 20.4 Å². The van der Waals surface area contributed by atoms with E-state index in [0.717, 1.165) is 19.4 Å². The molecule has 0 saturated carbocycles. The van der Waals surface area contributed by atoms with Gasteiger partial charge in [-0.15, -0.1) is 0 Å². The summed E-state index contributed by atoms with van der Waals surface area (Å²) in [6.45, 7) is 5.36. The second-order valence-corrected chi connectivity index (χ2v) is 6.16. The molecule has 0 aliphatic heterocycles. The third kappa shape index (κ3) is 4.03. The molecule has 1 aromatic heterocycles. The number of benzene rings is 1. The Balaban J connectivity index is 2.24. The number of aromatic nitrogens is 1. The minimum Gasteiger partial charge on any atom is -0.310 e. The summed E-state index contributed by atoms with van der Waals surface area (Å²) in [7, 11) is 0. The van der Waals surface area contributed by atoms with Crippen molar-refractivity contribution < 1.29 is 0 Å². The van der Waals surface area contributed by atoms with E-state index in [0.29, 0.717) is 6.04 Å². The monoisotopic (exact) mass is 380 g/mol. The van der Waals surface area contributed by atoms with Crippen molar-refractivity contribution in [2.75, 3.05) is 6.54 Å². The van der Waals surface area contributed by atoms with Crippen LogP contribution in [0.4, 0.5) is 0 Å². The van der Waals surface area contributed by atoms with Crippen LogP contribution in [-0.4, -0.2) is 11.5 Å². The zero-order valence-corrected chi connectivity index (χ0v) is 14.2. The number of nitrogens with zero attached hydrogens (tertiary/aromatic N) is 1. The van der Waals surface area contributed by atoms with Gasteiger partial charge in [-0.1, -0.05) is 31.2 Å². The van der Waals surface area contributed by atoms with Gasteiger partial charge in [0.15, 0.2) is 0 Å². The summed E-state index contributed by atoms with van der Waals surface area (Å²) in [4.78, 5) is 4.54. The zero-order valence-electron chi connectivity index (χ0n) is 12.1. The lowest BCUT2D eigenvalue weighted by Gasteiger charge is -2.21. The maximum Gasteiger partial charge on any atom is 0.0451 e. The molecule has 0 spiro atoms. The van der Waals surface area contributed by atoms with Gasteiger partial charge in [-0.2, -0.15) is 0 Å². The van der Waals surface area contributed by atoms with Crippen molar-refractivity contribution in [2.24, 2.45) is 0 Å². The van der Waals surface area contributed by atoms with Gasteiger partial charge in [0.05, 0.1) is 0 Å². The van der Waals surface area contributed by atoms with Gasteiger partial charge in [-0.05, 0) is 65.7 Å². The van der Waals surface area contributed by atoms with Crippen LogP contribution in [0.15, 0.2) is 42.6 Å². The third-order valence-corrected chi connectivity index (χ3v) is 4.42. The molecule has 1 unspecified atom stereocenters. The van der Waals surface area contributed by atoms with Gasteiger partial charge >= 0.3 is 0 Å². The van der Waals surface area contributed by atoms with Crippen LogP contribution in [0, 0.1) is 10.5 Å². The second kappa shape index (κ2) is 7.74. The van der Waals surface area contributed by atoms with E-state index in [9.17, 15) is 0 Å². The molecular weight excluding hydrogens is 359 g/mol. The molecule has 1 atom stereocenters. The van der Waals surface area contributed by atoms with Gasteiger partial charge in [0.25, 0.3) is 0 Å². The van der Waals surface area contributed by atoms with Crippen molar-refractivity contribution in [3.8, 4) is 0 Å². The molecule has 1 aromatic carbocycles. The molecule has 2 nitrogen and oxygen atoms in total. The van der Waals surface area contributed by atoms with Gasteiger partial charge in [0.2, 0.25) is 0 Å². The second-order valence-electron chi connectivity index (χ2n) is 5.00. The standard InChI is InChI=1S/C17H21IN2/c1-3-10-19-17(14-8-4-5-9-15(14)18)12-16-13(2)7-6-11-20-16/h4-9,11,17,19H,3,10,12H2,1-2H3. The predicted molar refractivity (Wildman–Crippen MR) is 92.9 cm³/mol. The Labute approximate surface area is 135 Å². The van der Waals surface area contributed by atoms with Crippen molar-refractivity contribution in [3.63, 3.8) is 0 Å². The minimum absolute atomic E-state index is 0.330. The van der Waals surface area contributed by atoms with Gasteiger partial charge < -0.3 is 5.32 Å². The number of hydrogen-bond donors (Lipinski definition) is 1. The van der Waals surface area contributed by atoms with Crippen LogP contribution in [0.2, 0.25) is 0 Å². The lowest BCUT2D eigenvalue weighted by atomic mass is 9.99. The van der Waals surface area contributed by atoms with Crippen LogP contribution in [0.3, 0.4) is 0 Å².